The molecular formula is C22H15F4N3O2. The lowest BCUT2D eigenvalue weighted by Crippen LogP contribution is -2.20. The van der Waals surface area contributed by atoms with Gasteiger partial charge in [0, 0.05) is 11.4 Å². The molecule has 2 N–H and O–H groups in total. The quantitative estimate of drug-likeness (QED) is 0.465. The summed E-state index contributed by atoms with van der Waals surface area (Å²) < 4.78 is 57.3. The molecule has 0 heterocycles. The van der Waals surface area contributed by atoms with E-state index in [2.05, 4.69) is 16.7 Å². The van der Waals surface area contributed by atoms with Crippen LogP contribution < -0.4 is 15.4 Å². The van der Waals surface area contributed by atoms with Crippen molar-refractivity contribution in [2.75, 3.05) is 10.6 Å². The highest BCUT2D eigenvalue weighted by Gasteiger charge is 2.34. The second-order valence-corrected chi connectivity index (χ2v) is 6.38. The number of hydrogen-bond donors (Lipinski definition) is 2. The number of nitrogens with one attached hydrogen (secondary N) is 2. The average Bonchev–Trinajstić information content (AvgIpc) is 2.72. The molecule has 0 atom stereocenters. The van der Waals surface area contributed by atoms with Gasteiger partial charge in [-0.1, -0.05) is 12.1 Å². The maximum atomic E-state index is 13.3. The summed E-state index contributed by atoms with van der Waals surface area (Å²) in [5.41, 5.74) is -0.435. The van der Waals surface area contributed by atoms with Crippen molar-refractivity contribution in [3.8, 4) is 17.6 Å². The second kappa shape index (κ2) is 9.17. The maximum absolute atomic E-state index is 13.3. The van der Waals surface area contributed by atoms with Crippen molar-refractivity contribution in [3.05, 3.63) is 83.7 Å². The van der Waals surface area contributed by atoms with Crippen molar-refractivity contribution >= 4 is 17.4 Å². The Labute approximate surface area is 174 Å². The smallest absolute Gasteiger partial charge is 0.419 e. The Bertz CT molecular complexity index is 1110. The summed E-state index contributed by atoms with van der Waals surface area (Å²) in [5.74, 6) is -0.363. The normalized spacial score (nSPS) is 10.8. The van der Waals surface area contributed by atoms with Crippen LogP contribution in [0.15, 0.2) is 66.7 Å². The summed E-state index contributed by atoms with van der Waals surface area (Å²) >= 11 is 0. The van der Waals surface area contributed by atoms with Crippen LogP contribution in [0.2, 0.25) is 0 Å². The molecule has 0 radical (unpaired) electrons. The number of ether oxygens (including phenoxy) is 1. The Morgan fingerprint density at radius 3 is 2.03 bits per heavy atom. The molecule has 0 aliphatic rings. The van der Waals surface area contributed by atoms with Gasteiger partial charge in [0.25, 0.3) is 0 Å². The molecule has 0 aromatic heterocycles. The highest BCUT2D eigenvalue weighted by Crippen LogP contribution is 2.33. The number of rotatable bonds is 5. The Kier molecular flexibility index (Phi) is 6.40. The number of alkyl halides is 3. The van der Waals surface area contributed by atoms with Crippen LogP contribution in [0.3, 0.4) is 0 Å². The van der Waals surface area contributed by atoms with Gasteiger partial charge in [0.2, 0.25) is 0 Å². The van der Waals surface area contributed by atoms with Gasteiger partial charge in [0.15, 0.2) is 0 Å². The lowest BCUT2D eigenvalue weighted by atomic mass is 10.2. The van der Waals surface area contributed by atoms with Crippen molar-refractivity contribution < 1.29 is 27.1 Å². The molecule has 0 spiro atoms. The first-order chi connectivity index (χ1) is 14.7. The van der Waals surface area contributed by atoms with Gasteiger partial charge in [-0.05, 0) is 60.2 Å². The van der Waals surface area contributed by atoms with E-state index in [0.717, 1.165) is 11.6 Å². The maximum Gasteiger partial charge on any atom is 0.419 e. The van der Waals surface area contributed by atoms with Gasteiger partial charge < -0.3 is 15.4 Å². The number of anilines is 2. The molecule has 3 rings (SSSR count). The molecule has 0 saturated carbocycles. The van der Waals surface area contributed by atoms with Crippen LogP contribution in [-0.4, -0.2) is 6.03 Å². The Morgan fingerprint density at radius 2 is 1.45 bits per heavy atom. The lowest BCUT2D eigenvalue weighted by Gasteiger charge is -2.12. The number of carbonyl (C=O) groups excluding carboxylic acids is 1. The molecule has 158 valence electrons. The van der Waals surface area contributed by atoms with Gasteiger partial charge in [0.1, 0.15) is 17.3 Å². The van der Waals surface area contributed by atoms with Crippen molar-refractivity contribution in [2.24, 2.45) is 0 Å². The summed E-state index contributed by atoms with van der Waals surface area (Å²) in [4.78, 5) is 12.0. The highest BCUT2D eigenvalue weighted by atomic mass is 19.4. The summed E-state index contributed by atoms with van der Waals surface area (Å²) in [6, 6.07) is 16.7. The van der Waals surface area contributed by atoms with E-state index in [4.69, 9.17) is 10.00 Å². The monoisotopic (exact) mass is 429 g/mol. The molecule has 3 aromatic rings. The SMILES string of the molecule is N#CCc1ccc(Oc2ccc(NC(=O)Nc3ccc(F)c(C(F)(F)F)c3)cc2)cc1. The van der Waals surface area contributed by atoms with E-state index in [1.54, 1.807) is 48.5 Å². The number of nitriles is 1. The zero-order chi connectivity index (χ0) is 22.4. The van der Waals surface area contributed by atoms with E-state index in [-0.39, 0.29) is 5.69 Å². The van der Waals surface area contributed by atoms with Gasteiger partial charge in [-0.15, -0.1) is 0 Å². The van der Waals surface area contributed by atoms with Crippen molar-refractivity contribution in [2.45, 2.75) is 12.6 Å². The number of halogens is 4. The van der Waals surface area contributed by atoms with Crippen LogP contribution in [0, 0.1) is 17.1 Å². The minimum atomic E-state index is -4.87. The van der Waals surface area contributed by atoms with E-state index >= 15 is 0 Å². The number of urea groups is 1. The lowest BCUT2D eigenvalue weighted by molar-refractivity contribution is -0.139. The van der Waals surface area contributed by atoms with Gasteiger partial charge in [-0.25, -0.2) is 9.18 Å². The molecular weight excluding hydrogens is 414 g/mol. The molecule has 0 aliphatic heterocycles. The number of amides is 2. The fourth-order valence-corrected chi connectivity index (χ4v) is 2.62. The molecule has 0 fully saturated rings. The van der Waals surface area contributed by atoms with Crippen LogP contribution in [0.25, 0.3) is 0 Å². The van der Waals surface area contributed by atoms with Gasteiger partial charge in [-0.2, -0.15) is 18.4 Å². The Hall–Kier alpha value is -4.06. The predicted octanol–water partition coefficient (Wildman–Crippen LogP) is 6.35. The number of benzene rings is 3. The molecule has 0 unspecified atom stereocenters. The topological polar surface area (TPSA) is 74.1 Å². The summed E-state index contributed by atoms with van der Waals surface area (Å²) in [5, 5.41) is 13.4. The molecule has 0 aliphatic carbocycles. The molecule has 31 heavy (non-hydrogen) atoms. The second-order valence-electron chi connectivity index (χ2n) is 6.38. The third kappa shape index (κ3) is 5.96. The Morgan fingerprint density at radius 1 is 0.903 bits per heavy atom. The van der Waals surface area contributed by atoms with E-state index < -0.39 is 23.6 Å². The summed E-state index contributed by atoms with van der Waals surface area (Å²) in [6.45, 7) is 0. The summed E-state index contributed by atoms with van der Waals surface area (Å²) in [6.07, 6.45) is -4.57. The van der Waals surface area contributed by atoms with Gasteiger partial charge in [0.05, 0.1) is 18.1 Å². The average molecular weight is 429 g/mol. The minimum Gasteiger partial charge on any atom is -0.457 e. The zero-order valence-electron chi connectivity index (χ0n) is 15.8. The first-order valence-electron chi connectivity index (χ1n) is 8.93. The van der Waals surface area contributed by atoms with E-state index in [0.29, 0.717) is 35.7 Å². The third-order valence-corrected chi connectivity index (χ3v) is 4.08. The summed E-state index contributed by atoms with van der Waals surface area (Å²) in [7, 11) is 0. The minimum absolute atomic E-state index is 0.203. The van der Waals surface area contributed by atoms with E-state index in [9.17, 15) is 22.4 Å². The number of nitrogens with zero attached hydrogens (tertiary/aromatic N) is 1. The van der Waals surface area contributed by atoms with Crippen molar-refractivity contribution in [3.63, 3.8) is 0 Å². The molecule has 0 bridgehead atoms. The molecule has 9 heteroatoms. The van der Waals surface area contributed by atoms with Crippen LogP contribution in [0.4, 0.5) is 33.7 Å². The number of hydrogen-bond acceptors (Lipinski definition) is 3. The largest absolute Gasteiger partial charge is 0.457 e. The first kappa shape index (κ1) is 21.6. The molecule has 3 aromatic carbocycles. The van der Waals surface area contributed by atoms with Crippen molar-refractivity contribution in [1.82, 2.24) is 0 Å². The van der Waals surface area contributed by atoms with Gasteiger partial charge in [-0.3, -0.25) is 0 Å². The van der Waals surface area contributed by atoms with Gasteiger partial charge >= 0.3 is 12.2 Å². The van der Waals surface area contributed by atoms with Crippen molar-refractivity contribution in [1.29, 1.82) is 5.26 Å². The van der Waals surface area contributed by atoms with Crippen LogP contribution in [-0.2, 0) is 12.6 Å². The van der Waals surface area contributed by atoms with Crippen LogP contribution >= 0.6 is 0 Å². The first-order valence-corrected chi connectivity index (χ1v) is 8.93. The fourth-order valence-electron chi connectivity index (χ4n) is 2.62. The van der Waals surface area contributed by atoms with Crippen LogP contribution in [0.1, 0.15) is 11.1 Å². The molecule has 5 nitrogen and oxygen atoms in total. The number of carbonyl (C=O) groups is 1. The third-order valence-electron chi connectivity index (χ3n) is 4.08. The molecule has 2 amide bonds. The highest BCUT2D eigenvalue weighted by molar-refractivity contribution is 5.99. The zero-order valence-corrected chi connectivity index (χ0v) is 15.8. The fraction of sp³-hybridized carbons (Fsp3) is 0.0909. The molecule has 0 saturated heterocycles. The standard InChI is InChI=1S/C22H15F4N3O2/c23-20-10-5-16(13-19(20)22(24,25)26)29-21(30)28-15-3-8-18(9-4-15)31-17-6-1-14(2-7-17)11-12-27/h1-10,13H,11H2,(H2,28,29,30). The van der Waals surface area contributed by atoms with E-state index in [1.165, 1.54) is 0 Å². The Balaban J connectivity index is 1.59. The predicted molar refractivity (Wildman–Crippen MR) is 106 cm³/mol. The van der Waals surface area contributed by atoms with E-state index in [1.807, 2.05) is 0 Å². The van der Waals surface area contributed by atoms with Crippen LogP contribution in [0.5, 0.6) is 11.5 Å².